The number of rotatable bonds is 6. The third-order valence-corrected chi connectivity index (χ3v) is 4.42. The Labute approximate surface area is 121 Å². The Balaban J connectivity index is 2.88. The Bertz CT molecular complexity index is 506. The molecule has 19 heavy (non-hydrogen) atoms. The molecule has 1 aromatic rings. The smallest absolute Gasteiger partial charge is 0.232 e. The highest BCUT2D eigenvalue weighted by atomic mass is 35.5. The van der Waals surface area contributed by atoms with Crippen molar-refractivity contribution >= 4 is 27.3 Å². The Kier molecular flexibility index (Phi) is 5.68. The highest BCUT2D eigenvalue weighted by Crippen LogP contribution is 2.29. The average Bonchev–Trinajstić information content (AvgIpc) is 2.27. The molecule has 0 radical (unpaired) electrons. The molecular formula is C14H22ClNO2S. The summed E-state index contributed by atoms with van der Waals surface area (Å²) in [6.45, 7) is 6.19. The molecule has 5 heteroatoms. The van der Waals surface area contributed by atoms with Gasteiger partial charge in [0.25, 0.3) is 0 Å². The van der Waals surface area contributed by atoms with Gasteiger partial charge in [0, 0.05) is 5.88 Å². The van der Waals surface area contributed by atoms with E-state index in [1.165, 1.54) is 0 Å². The van der Waals surface area contributed by atoms with Gasteiger partial charge in [0.1, 0.15) is 0 Å². The van der Waals surface area contributed by atoms with Crippen LogP contribution in [0.4, 0.5) is 5.69 Å². The minimum absolute atomic E-state index is 0.102. The van der Waals surface area contributed by atoms with Gasteiger partial charge < -0.3 is 0 Å². The third-order valence-electron chi connectivity index (χ3n) is 2.80. The molecule has 3 nitrogen and oxygen atoms in total. The quantitative estimate of drug-likeness (QED) is 0.642. The number of hydrogen-bond donors (Lipinski definition) is 1. The van der Waals surface area contributed by atoms with Crippen molar-refractivity contribution in [2.45, 2.75) is 39.0 Å². The molecule has 0 spiro atoms. The fraction of sp³-hybridized carbons (Fsp3) is 0.571. The maximum absolute atomic E-state index is 12.0. The lowest BCUT2D eigenvalue weighted by Crippen LogP contribution is -2.21. The van der Waals surface area contributed by atoms with E-state index in [1.54, 1.807) is 6.07 Å². The number of benzene rings is 1. The molecule has 1 aromatic carbocycles. The largest absolute Gasteiger partial charge is 0.283 e. The zero-order valence-electron chi connectivity index (χ0n) is 11.7. The molecule has 0 aromatic heterocycles. The van der Waals surface area contributed by atoms with Gasteiger partial charge in [-0.25, -0.2) is 8.42 Å². The average molecular weight is 304 g/mol. The fourth-order valence-electron chi connectivity index (χ4n) is 1.83. The van der Waals surface area contributed by atoms with E-state index in [0.29, 0.717) is 24.4 Å². The topological polar surface area (TPSA) is 46.2 Å². The van der Waals surface area contributed by atoms with Crippen molar-refractivity contribution in [3.8, 4) is 0 Å². The molecule has 108 valence electrons. The number of nitrogens with one attached hydrogen (secondary N) is 1. The maximum atomic E-state index is 12.0. The minimum Gasteiger partial charge on any atom is -0.283 e. The van der Waals surface area contributed by atoms with Crippen molar-refractivity contribution in [3.63, 3.8) is 0 Å². The summed E-state index contributed by atoms with van der Waals surface area (Å²) in [7, 11) is -3.30. The van der Waals surface area contributed by atoms with E-state index in [4.69, 9.17) is 11.6 Å². The molecule has 1 rings (SSSR count). The van der Waals surface area contributed by atoms with Gasteiger partial charge in [-0.05, 0) is 29.9 Å². The maximum Gasteiger partial charge on any atom is 0.232 e. The van der Waals surface area contributed by atoms with Crippen LogP contribution >= 0.6 is 11.6 Å². The summed E-state index contributed by atoms with van der Waals surface area (Å²) in [5.74, 6) is 0.603. The highest BCUT2D eigenvalue weighted by Gasteiger charge is 2.20. The van der Waals surface area contributed by atoms with E-state index in [0.717, 1.165) is 5.56 Å². The van der Waals surface area contributed by atoms with Gasteiger partial charge in [-0.2, -0.15) is 0 Å². The van der Waals surface area contributed by atoms with Crippen LogP contribution in [-0.4, -0.2) is 20.1 Å². The first-order valence-electron chi connectivity index (χ1n) is 6.42. The molecule has 0 saturated heterocycles. The lowest BCUT2D eigenvalue weighted by atomic mass is 9.86. The molecule has 0 heterocycles. The Morgan fingerprint density at radius 1 is 1.16 bits per heavy atom. The predicted molar refractivity (Wildman–Crippen MR) is 82.5 cm³/mol. The molecule has 0 amide bonds. The Morgan fingerprint density at radius 2 is 1.79 bits per heavy atom. The Morgan fingerprint density at radius 3 is 2.37 bits per heavy atom. The number of sulfonamides is 1. The fourth-order valence-corrected chi connectivity index (χ4v) is 3.22. The van der Waals surface area contributed by atoms with Crippen LogP contribution in [0.3, 0.4) is 0 Å². The number of hydrogen-bond acceptors (Lipinski definition) is 2. The Hall–Kier alpha value is -0.740. The summed E-state index contributed by atoms with van der Waals surface area (Å²) >= 11 is 5.56. The summed E-state index contributed by atoms with van der Waals surface area (Å²) in [6.07, 6.45) is 1.29. The lowest BCUT2D eigenvalue weighted by Gasteiger charge is -2.23. The number of alkyl halides is 1. The van der Waals surface area contributed by atoms with Gasteiger partial charge >= 0.3 is 0 Å². The number of unbranched alkanes of at least 4 members (excludes halogenated alkanes) is 1. The van der Waals surface area contributed by atoms with Gasteiger partial charge in [-0.1, -0.05) is 39.0 Å². The van der Waals surface area contributed by atoms with Gasteiger partial charge in [-0.15, -0.1) is 11.6 Å². The summed E-state index contributed by atoms with van der Waals surface area (Å²) in [5.41, 5.74) is 1.56. The number of para-hydroxylation sites is 1. The van der Waals surface area contributed by atoms with Crippen molar-refractivity contribution in [2.75, 3.05) is 16.4 Å². The summed E-state index contributed by atoms with van der Waals surface area (Å²) in [4.78, 5) is 0. The van der Waals surface area contributed by atoms with Crippen LogP contribution in [0.5, 0.6) is 0 Å². The number of anilines is 1. The first-order chi connectivity index (χ1) is 8.76. The molecule has 0 aliphatic rings. The molecule has 0 saturated carbocycles. The van der Waals surface area contributed by atoms with Crippen molar-refractivity contribution in [2.24, 2.45) is 0 Å². The second-order valence-corrected chi connectivity index (χ2v) is 7.83. The van der Waals surface area contributed by atoms with Crippen LogP contribution in [0.2, 0.25) is 0 Å². The molecule has 0 fully saturated rings. The highest BCUT2D eigenvalue weighted by molar-refractivity contribution is 7.92. The third kappa shape index (κ3) is 5.41. The van der Waals surface area contributed by atoms with Crippen molar-refractivity contribution < 1.29 is 8.42 Å². The molecule has 0 bridgehead atoms. The summed E-state index contributed by atoms with van der Waals surface area (Å²) < 4.78 is 26.7. The van der Waals surface area contributed by atoms with Gasteiger partial charge in [-0.3, -0.25) is 4.72 Å². The van der Waals surface area contributed by atoms with Gasteiger partial charge in [0.2, 0.25) is 10.0 Å². The second-order valence-electron chi connectivity index (χ2n) is 5.61. The zero-order chi connectivity index (χ0) is 14.5. The molecule has 0 atom stereocenters. The van der Waals surface area contributed by atoms with Crippen LogP contribution in [0.15, 0.2) is 24.3 Å². The van der Waals surface area contributed by atoms with Crippen LogP contribution in [0.25, 0.3) is 0 Å². The van der Waals surface area contributed by atoms with Crippen LogP contribution in [0.1, 0.15) is 39.2 Å². The minimum atomic E-state index is -3.30. The normalized spacial score (nSPS) is 12.4. The van der Waals surface area contributed by atoms with Crippen LogP contribution in [0, 0.1) is 0 Å². The monoisotopic (exact) mass is 303 g/mol. The van der Waals surface area contributed by atoms with Crippen molar-refractivity contribution in [1.29, 1.82) is 0 Å². The summed E-state index contributed by atoms with van der Waals surface area (Å²) in [6, 6.07) is 7.52. The van der Waals surface area contributed by atoms with E-state index < -0.39 is 10.0 Å². The lowest BCUT2D eigenvalue weighted by molar-refractivity contribution is 0.589. The first kappa shape index (κ1) is 16.3. The van der Waals surface area contributed by atoms with E-state index >= 15 is 0 Å². The molecule has 1 N–H and O–H groups in total. The van der Waals surface area contributed by atoms with Crippen molar-refractivity contribution in [3.05, 3.63) is 29.8 Å². The van der Waals surface area contributed by atoms with E-state index in [-0.39, 0.29) is 11.2 Å². The van der Waals surface area contributed by atoms with Gasteiger partial charge in [0.05, 0.1) is 11.4 Å². The standard InChI is InChI=1S/C14H22ClNO2S/c1-14(2,3)12-8-4-5-9-13(12)16-19(17,18)11-7-6-10-15/h4-5,8-9,16H,6-7,10-11H2,1-3H3. The van der Waals surface area contributed by atoms with Crippen LogP contribution < -0.4 is 4.72 Å². The zero-order valence-corrected chi connectivity index (χ0v) is 13.3. The van der Waals surface area contributed by atoms with E-state index in [1.807, 2.05) is 18.2 Å². The first-order valence-corrected chi connectivity index (χ1v) is 8.61. The molecular weight excluding hydrogens is 282 g/mol. The molecule has 0 aliphatic carbocycles. The second kappa shape index (κ2) is 6.62. The van der Waals surface area contributed by atoms with Gasteiger partial charge in [0.15, 0.2) is 0 Å². The number of halogens is 1. The van der Waals surface area contributed by atoms with Crippen molar-refractivity contribution in [1.82, 2.24) is 0 Å². The SMILES string of the molecule is CC(C)(C)c1ccccc1NS(=O)(=O)CCCCCl. The summed E-state index contributed by atoms with van der Waals surface area (Å²) in [5, 5.41) is 0. The molecule has 0 unspecified atom stereocenters. The predicted octanol–water partition coefficient (Wildman–Crippen LogP) is 3.74. The van der Waals surface area contributed by atoms with Crippen LogP contribution in [-0.2, 0) is 15.4 Å². The van der Waals surface area contributed by atoms with E-state index in [9.17, 15) is 8.42 Å². The molecule has 0 aliphatic heterocycles. The van der Waals surface area contributed by atoms with E-state index in [2.05, 4.69) is 25.5 Å².